The molecule has 0 atom stereocenters. The van der Waals surface area contributed by atoms with Crippen LogP contribution in [0.3, 0.4) is 0 Å². The van der Waals surface area contributed by atoms with Crippen molar-refractivity contribution in [1.29, 1.82) is 0 Å². The first kappa shape index (κ1) is 21.4. The minimum atomic E-state index is 0. The van der Waals surface area contributed by atoms with E-state index in [-0.39, 0.29) is 51.0 Å². The molecule has 1 heterocycles. The van der Waals surface area contributed by atoms with Crippen LogP contribution in [0.4, 0.5) is 0 Å². The Hall–Kier alpha value is -0.557. The zero-order valence-electron chi connectivity index (χ0n) is 12.7. The Morgan fingerprint density at radius 3 is 2.50 bits per heavy atom. The van der Waals surface area contributed by atoms with Gasteiger partial charge in [0.1, 0.15) is 0 Å². The van der Waals surface area contributed by atoms with Gasteiger partial charge in [-0.15, -0.1) is 34.0 Å². The Morgan fingerprint density at radius 1 is 1.09 bits per heavy atom. The summed E-state index contributed by atoms with van der Waals surface area (Å²) in [5.74, 6) is 0. The van der Waals surface area contributed by atoms with E-state index in [1.54, 1.807) is 0 Å². The van der Waals surface area contributed by atoms with Crippen LogP contribution in [0.2, 0.25) is 0 Å². The summed E-state index contributed by atoms with van der Waals surface area (Å²) in [6.07, 6.45) is 4.20. The minimum absolute atomic E-state index is 0. The smallest absolute Gasteiger partial charge is 1.00 e. The molecule has 22 heavy (non-hydrogen) atoms. The van der Waals surface area contributed by atoms with Gasteiger partial charge in [-0.2, -0.15) is 6.07 Å². The summed E-state index contributed by atoms with van der Waals surface area (Å²) >= 11 is 0. The summed E-state index contributed by atoms with van der Waals surface area (Å²) in [5, 5.41) is 2.70. The molecule has 4 heteroatoms. The summed E-state index contributed by atoms with van der Waals surface area (Å²) in [6, 6.07) is 15.1. The van der Waals surface area contributed by atoms with Crippen LogP contribution >= 0.6 is 0 Å². The summed E-state index contributed by atoms with van der Waals surface area (Å²) in [5.41, 5.74) is 5.07. The third kappa shape index (κ3) is 4.25. The van der Waals surface area contributed by atoms with E-state index in [1.165, 1.54) is 33.9 Å². The zero-order chi connectivity index (χ0) is 13.2. The van der Waals surface area contributed by atoms with E-state index in [4.69, 9.17) is 0 Å². The molecule has 0 aliphatic carbocycles. The molecule has 0 aliphatic heterocycles. The fraction of sp³-hybridized carbons (Fsp3) is 0.222. The second kappa shape index (κ2) is 9.55. The van der Waals surface area contributed by atoms with Gasteiger partial charge < -0.3 is 24.8 Å². The Morgan fingerprint density at radius 2 is 1.86 bits per heavy atom. The first-order valence-corrected chi connectivity index (χ1v) is 6.90. The minimum Gasteiger partial charge on any atom is -1.00 e. The monoisotopic (exact) mass is 408 g/mol. The average Bonchev–Trinajstić information content (AvgIpc) is 2.85. The number of aryl methyl sites for hydroxylation is 2. The largest absolute Gasteiger partial charge is 3.00 e. The van der Waals surface area contributed by atoms with Gasteiger partial charge in [0.05, 0.1) is 5.69 Å². The molecule has 1 nitrogen and oxygen atoms in total. The topological polar surface area (TPSA) is 12.9 Å². The summed E-state index contributed by atoms with van der Waals surface area (Å²) in [7, 11) is 0. The predicted molar refractivity (Wildman–Crippen MR) is 81.5 cm³/mol. The van der Waals surface area contributed by atoms with Gasteiger partial charge in [0, 0.05) is 6.20 Å². The Kier molecular flexibility index (Phi) is 9.31. The third-order valence-electron chi connectivity index (χ3n) is 3.64. The Bertz CT molecular complexity index is 708. The molecule has 113 valence electrons. The van der Waals surface area contributed by atoms with Crippen LogP contribution in [0.15, 0.2) is 48.7 Å². The molecule has 1 aromatic heterocycles. The van der Waals surface area contributed by atoms with Gasteiger partial charge in [0.25, 0.3) is 0 Å². The molecular weight excluding hydrogens is 392 g/mol. The third-order valence-corrected chi connectivity index (χ3v) is 3.64. The fourth-order valence-corrected chi connectivity index (χ4v) is 2.68. The van der Waals surface area contributed by atoms with Crippen molar-refractivity contribution in [2.24, 2.45) is 0 Å². The van der Waals surface area contributed by atoms with Crippen molar-refractivity contribution < 1.29 is 51.0 Å². The number of nitrogens with zero attached hydrogens (tertiary/aromatic N) is 1. The first-order valence-electron chi connectivity index (χ1n) is 6.90. The maximum absolute atomic E-state index is 4.48. The number of hydrogen-bond donors (Lipinski definition) is 0. The maximum atomic E-state index is 4.48. The van der Waals surface area contributed by atoms with Gasteiger partial charge in [-0.25, -0.2) is 0 Å². The normalized spacial score (nSPS) is 9.55. The van der Waals surface area contributed by atoms with Crippen molar-refractivity contribution in [3.05, 3.63) is 59.8 Å². The van der Waals surface area contributed by atoms with Crippen LogP contribution in [0, 0.1) is 6.92 Å². The molecule has 0 N–H and O–H groups in total. The second-order valence-corrected chi connectivity index (χ2v) is 5.09. The predicted octanol–water partition coefficient (Wildman–Crippen LogP) is -1.11. The fourth-order valence-electron chi connectivity index (χ4n) is 2.68. The molecule has 0 aliphatic rings. The van der Waals surface area contributed by atoms with Gasteiger partial charge in [0.15, 0.2) is 0 Å². The van der Waals surface area contributed by atoms with E-state index in [0.29, 0.717) is 0 Å². The summed E-state index contributed by atoms with van der Waals surface area (Å²) in [6.45, 7) is 4.41. The van der Waals surface area contributed by atoms with Crippen molar-refractivity contribution >= 4 is 10.8 Å². The SMILES string of the molecule is CCCc1cc2c(-c3ccccn3)ccc(C)c2[cH-]1.[Cl-].[Cl-].[Zr+3]. The van der Waals surface area contributed by atoms with E-state index in [0.717, 1.165) is 12.1 Å². The molecule has 3 aromatic rings. The van der Waals surface area contributed by atoms with Gasteiger partial charge in [-0.05, 0) is 24.1 Å². The molecular formula is C18H18Cl2NZr. The molecule has 1 radical (unpaired) electrons. The standard InChI is InChI=1S/C18H18N.2ClH.Zr/c1-3-6-14-11-16-13(2)8-9-15(17(16)12-14)18-7-4-5-10-19-18;;;/h4-5,7-12H,3,6H2,1-2H3;2*1H;/q-1;;;+3/p-2. The van der Waals surface area contributed by atoms with Gasteiger partial charge in [-0.3, -0.25) is 4.98 Å². The maximum Gasteiger partial charge on any atom is 3.00 e. The van der Waals surface area contributed by atoms with Crippen molar-refractivity contribution in [1.82, 2.24) is 4.98 Å². The number of aromatic nitrogens is 1. The van der Waals surface area contributed by atoms with Crippen molar-refractivity contribution in [2.45, 2.75) is 26.7 Å². The first-order chi connectivity index (χ1) is 9.29. The van der Waals surface area contributed by atoms with Crippen LogP contribution < -0.4 is 24.8 Å². The Labute approximate surface area is 163 Å². The van der Waals surface area contributed by atoms with E-state index < -0.39 is 0 Å². The summed E-state index contributed by atoms with van der Waals surface area (Å²) in [4.78, 5) is 4.48. The summed E-state index contributed by atoms with van der Waals surface area (Å²) < 4.78 is 0. The van der Waals surface area contributed by atoms with Gasteiger partial charge >= 0.3 is 26.2 Å². The van der Waals surface area contributed by atoms with Crippen LogP contribution in [0.25, 0.3) is 22.0 Å². The molecule has 2 aromatic carbocycles. The van der Waals surface area contributed by atoms with Gasteiger partial charge in [0.2, 0.25) is 0 Å². The molecule has 0 saturated carbocycles. The molecule has 0 spiro atoms. The number of halogens is 2. The zero-order valence-corrected chi connectivity index (χ0v) is 16.7. The van der Waals surface area contributed by atoms with Crippen LogP contribution in [0.1, 0.15) is 24.5 Å². The molecule has 0 unspecified atom stereocenters. The van der Waals surface area contributed by atoms with Crippen LogP contribution in [0.5, 0.6) is 0 Å². The van der Waals surface area contributed by atoms with E-state index in [1.807, 2.05) is 18.3 Å². The number of hydrogen-bond acceptors (Lipinski definition) is 1. The van der Waals surface area contributed by atoms with Crippen LogP contribution in [-0.4, -0.2) is 4.98 Å². The average molecular weight is 410 g/mol. The molecule has 0 fully saturated rings. The second-order valence-electron chi connectivity index (χ2n) is 5.09. The molecule has 0 bridgehead atoms. The van der Waals surface area contributed by atoms with Crippen molar-refractivity contribution in [3.63, 3.8) is 0 Å². The van der Waals surface area contributed by atoms with Gasteiger partial charge in [-0.1, -0.05) is 32.4 Å². The number of rotatable bonds is 3. The Balaban J connectivity index is 0.00000147. The quantitative estimate of drug-likeness (QED) is 0.499. The van der Waals surface area contributed by atoms with Crippen LogP contribution in [-0.2, 0) is 32.6 Å². The van der Waals surface area contributed by atoms with E-state index >= 15 is 0 Å². The molecule has 3 rings (SSSR count). The number of pyridine rings is 1. The number of benzene rings is 1. The van der Waals surface area contributed by atoms with Crippen molar-refractivity contribution in [3.8, 4) is 11.3 Å². The van der Waals surface area contributed by atoms with Crippen molar-refractivity contribution in [2.75, 3.05) is 0 Å². The van der Waals surface area contributed by atoms with E-state index in [2.05, 4.69) is 49.2 Å². The number of fused-ring (bicyclic) bond motifs is 1. The van der Waals surface area contributed by atoms with E-state index in [9.17, 15) is 0 Å². The molecule has 0 amide bonds. The molecule has 0 saturated heterocycles.